The number of piperazine rings is 1. The van der Waals surface area contributed by atoms with Crippen molar-refractivity contribution in [3.8, 4) is 0 Å². The van der Waals surface area contributed by atoms with Gasteiger partial charge in [-0.15, -0.1) is 29.9 Å². The van der Waals surface area contributed by atoms with Gasteiger partial charge in [0.05, 0.1) is 5.92 Å². The van der Waals surface area contributed by atoms with Crippen molar-refractivity contribution in [2.24, 2.45) is 11.7 Å². The molecule has 8 heteroatoms. The molecule has 2 unspecified atom stereocenters. The molecule has 1 aliphatic carbocycles. The second kappa shape index (κ2) is 8.83. The molecule has 0 aromatic carbocycles. The van der Waals surface area contributed by atoms with Gasteiger partial charge in [0.15, 0.2) is 5.82 Å². The summed E-state index contributed by atoms with van der Waals surface area (Å²) in [7, 11) is 0. The largest absolute Gasteiger partial charge is 0.352 e. The summed E-state index contributed by atoms with van der Waals surface area (Å²) in [5.41, 5.74) is 6.02. The molecule has 2 aliphatic rings. The molecular weight excluding hydrogens is 349 g/mol. The Labute approximate surface area is 156 Å². The number of amides is 1. The maximum Gasteiger partial charge on any atom is 0.227 e. The smallest absolute Gasteiger partial charge is 0.227 e. The minimum Gasteiger partial charge on any atom is -0.352 e. The van der Waals surface area contributed by atoms with Gasteiger partial charge in [-0.05, 0) is 31.9 Å². The quantitative estimate of drug-likeness (QED) is 0.853. The molecule has 2 N–H and O–H groups in total. The highest BCUT2D eigenvalue weighted by Gasteiger charge is 2.40. The Balaban J connectivity index is 0.00000144. The van der Waals surface area contributed by atoms with E-state index in [-0.39, 0.29) is 42.2 Å². The lowest BCUT2D eigenvalue weighted by molar-refractivity contribution is -0.139. The Morgan fingerprint density at radius 1 is 1.25 bits per heavy atom. The summed E-state index contributed by atoms with van der Waals surface area (Å²) in [6, 6.07) is 3.85. The van der Waals surface area contributed by atoms with Gasteiger partial charge in [0, 0.05) is 37.9 Å². The maximum atomic E-state index is 12.8. The lowest BCUT2D eigenvalue weighted by atomic mass is 9.74. The first-order valence-corrected chi connectivity index (χ1v) is 8.18. The molecule has 2 atom stereocenters. The Bertz CT molecular complexity index is 520. The molecule has 2 fully saturated rings. The van der Waals surface area contributed by atoms with Crippen molar-refractivity contribution in [2.45, 2.75) is 38.1 Å². The van der Waals surface area contributed by atoms with E-state index >= 15 is 0 Å². The van der Waals surface area contributed by atoms with Crippen molar-refractivity contribution in [1.29, 1.82) is 0 Å². The molecule has 1 saturated carbocycles. The van der Waals surface area contributed by atoms with Crippen molar-refractivity contribution in [3.05, 3.63) is 18.3 Å². The molecule has 1 aromatic heterocycles. The first-order chi connectivity index (χ1) is 10.6. The van der Waals surface area contributed by atoms with Gasteiger partial charge in [-0.2, -0.15) is 5.10 Å². The van der Waals surface area contributed by atoms with Gasteiger partial charge in [0.25, 0.3) is 0 Å². The third kappa shape index (κ3) is 4.49. The predicted molar refractivity (Wildman–Crippen MR) is 99.9 cm³/mol. The summed E-state index contributed by atoms with van der Waals surface area (Å²) in [5.74, 6) is 1.10. The van der Waals surface area contributed by atoms with E-state index in [0.29, 0.717) is 0 Å². The van der Waals surface area contributed by atoms with Crippen LogP contribution in [0.15, 0.2) is 18.3 Å². The monoisotopic (exact) mass is 375 g/mol. The van der Waals surface area contributed by atoms with Gasteiger partial charge in [0.2, 0.25) is 5.91 Å². The zero-order valence-corrected chi connectivity index (χ0v) is 15.7. The van der Waals surface area contributed by atoms with Crippen molar-refractivity contribution in [2.75, 3.05) is 31.1 Å². The topological polar surface area (TPSA) is 75.4 Å². The first kappa shape index (κ1) is 20.9. The SMILES string of the molecule is CC1(N)CCCCC1C(=O)N1CCN(c2cccnn2)CC1.Cl.Cl. The van der Waals surface area contributed by atoms with Gasteiger partial charge in [-0.1, -0.05) is 12.8 Å². The van der Waals surface area contributed by atoms with Gasteiger partial charge >= 0.3 is 0 Å². The summed E-state index contributed by atoms with van der Waals surface area (Å²) < 4.78 is 0. The van der Waals surface area contributed by atoms with Gasteiger partial charge in [0.1, 0.15) is 0 Å². The fourth-order valence-corrected chi connectivity index (χ4v) is 3.60. The Morgan fingerprint density at radius 3 is 2.54 bits per heavy atom. The van der Waals surface area contributed by atoms with Gasteiger partial charge in [-0.25, -0.2) is 0 Å². The van der Waals surface area contributed by atoms with Crippen LogP contribution in [-0.2, 0) is 4.79 Å². The first-order valence-electron chi connectivity index (χ1n) is 8.18. The normalized spacial score (nSPS) is 27.0. The lowest BCUT2D eigenvalue weighted by Crippen LogP contribution is -2.57. The van der Waals surface area contributed by atoms with Crippen LogP contribution in [0.4, 0.5) is 5.82 Å². The molecule has 6 nitrogen and oxygen atoms in total. The highest BCUT2D eigenvalue weighted by atomic mass is 35.5. The summed E-state index contributed by atoms with van der Waals surface area (Å²) in [6.07, 6.45) is 5.80. The average molecular weight is 376 g/mol. The standard InChI is InChI=1S/C16H25N5O.2ClH/c1-16(17)7-3-2-5-13(16)15(22)21-11-9-20(10-12-21)14-6-4-8-18-19-14;;/h4,6,8,13H,2-3,5,7,9-12,17H2,1H3;2*1H. The van der Waals surface area contributed by atoms with E-state index in [4.69, 9.17) is 5.73 Å². The summed E-state index contributed by atoms with van der Waals surface area (Å²) >= 11 is 0. The van der Waals surface area contributed by atoms with Gasteiger partial charge in [-0.3, -0.25) is 4.79 Å². The van der Waals surface area contributed by atoms with Crippen molar-refractivity contribution >= 4 is 36.5 Å². The number of hydrogen-bond donors (Lipinski definition) is 1. The number of aromatic nitrogens is 2. The van der Waals surface area contributed by atoms with Crippen LogP contribution in [0.1, 0.15) is 32.6 Å². The Hall–Kier alpha value is -1.11. The molecule has 0 radical (unpaired) electrons. The van der Waals surface area contributed by atoms with Crippen LogP contribution >= 0.6 is 24.8 Å². The molecule has 3 rings (SSSR count). The Morgan fingerprint density at radius 2 is 1.96 bits per heavy atom. The van der Waals surface area contributed by atoms with E-state index in [9.17, 15) is 4.79 Å². The second-order valence-electron chi connectivity index (χ2n) is 6.70. The summed E-state index contributed by atoms with van der Waals surface area (Å²) in [4.78, 5) is 17.0. The maximum absolute atomic E-state index is 12.8. The minimum atomic E-state index is -0.350. The zero-order valence-electron chi connectivity index (χ0n) is 14.1. The van der Waals surface area contributed by atoms with Crippen LogP contribution in [0.5, 0.6) is 0 Å². The second-order valence-corrected chi connectivity index (χ2v) is 6.70. The van der Waals surface area contributed by atoms with E-state index in [0.717, 1.165) is 57.7 Å². The third-order valence-corrected chi connectivity index (χ3v) is 5.03. The van der Waals surface area contributed by atoms with Crippen LogP contribution in [-0.4, -0.2) is 52.7 Å². The van der Waals surface area contributed by atoms with Crippen molar-refractivity contribution < 1.29 is 4.79 Å². The molecule has 2 heterocycles. The zero-order chi connectivity index (χ0) is 15.6. The van der Waals surface area contributed by atoms with Crippen LogP contribution in [0.25, 0.3) is 0 Å². The summed E-state index contributed by atoms with van der Waals surface area (Å²) in [5, 5.41) is 8.06. The van der Waals surface area contributed by atoms with Crippen LogP contribution in [0, 0.1) is 5.92 Å². The molecule has 1 saturated heterocycles. The molecule has 136 valence electrons. The van der Waals surface area contributed by atoms with E-state index < -0.39 is 0 Å². The highest BCUT2D eigenvalue weighted by molar-refractivity contribution is 5.85. The molecule has 1 amide bonds. The minimum absolute atomic E-state index is 0. The molecular formula is C16H27Cl2N5O. The number of nitrogens with two attached hydrogens (primary N) is 1. The number of carbonyl (C=O) groups excluding carboxylic acids is 1. The number of rotatable bonds is 2. The third-order valence-electron chi connectivity index (χ3n) is 5.03. The van der Waals surface area contributed by atoms with E-state index in [1.54, 1.807) is 6.20 Å². The number of nitrogens with zero attached hydrogens (tertiary/aromatic N) is 4. The van der Waals surface area contributed by atoms with Crippen LogP contribution in [0.3, 0.4) is 0 Å². The number of halogens is 2. The predicted octanol–water partition coefficient (Wildman–Crippen LogP) is 1.88. The molecule has 0 spiro atoms. The fraction of sp³-hybridized carbons (Fsp3) is 0.688. The van der Waals surface area contributed by atoms with Crippen molar-refractivity contribution in [1.82, 2.24) is 15.1 Å². The van der Waals surface area contributed by atoms with Gasteiger partial charge < -0.3 is 15.5 Å². The molecule has 0 bridgehead atoms. The molecule has 24 heavy (non-hydrogen) atoms. The fourth-order valence-electron chi connectivity index (χ4n) is 3.60. The number of hydrogen-bond acceptors (Lipinski definition) is 5. The van der Waals surface area contributed by atoms with Crippen LogP contribution in [0.2, 0.25) is 0 Å². The van der Waals surface area contributed by atoms with E-state index in [1.807, 2.05) is 24.0 Å². The van der Waals surface area contributed by atoms with Crippen LogP contribution < -0.4 is 10.6 Å². The average Bonchev–Trinajstić information content (AvgIpc) is 2.55. The Kier molecular flexibility index (Phi) is 7.70. The number of anilines is 1. The molecule has 1 aliphatic heterocycles. The summed E-state index contributed by atoms with van der Waals surface area (Å²) in [6.45, 7) is 5.12. The lowest BCUT2D eigenvalue weighted by Gasteiger charge is -2.42. The van der Waals surface area contributed by atoms with E-state index in [1.165, 1.54) is 0 Å². The molecule has 1 aromatic rings. The van der Waals surface area contributed by atoms with Crippen molar-refractivity contribution in [3.63, 3.8) is 0 Å². The highest BCUT2D eigenvalue weighted by Crippen LogP contribution is 2.33. The number of carbonyl (C=O) groups is 1. The van der Waals surface area contributed by atoms with E-state index in [2.05, 4.69) is 15.1 Å².